The summed E-state index contributed by atoms with van der Waals surface area (Å²) < 4.78 is 10.4. The van der Waals surface area contributed by atoms with Crippen molar-refractivity contribution < 1.29 is 9.47 Å². The van der Waals surface area contributed by atoms with Crippen molar-refractivity contribution >= 4 is 0 Å². The summed E-state index contributed by atoms with van der Waals surface area (Å²) >= 11 is 0. The standard InChI is InChI=1S/C10H19NO2/c1-3-4-5-7-12-9-10-13-8-6-11-2/h11H,3,6-10H2,1-2H3. The summed E-state index contributed by atoms with van der Waals surface area (Å²) in [6.07, 6.45) is 0.891. The number of hydrogen-bond acceptors (Lipinski definition) is 3. The first-order chi connectivity index (χ1) is 6.41. The van der Waals surface area contributed by atoms with Crippen LogP contribution in [0.1, 0.15) is 13.3 Å². The minimum Gasteiger partial charge on any atom is -0.378 e. The van der Waals surface area contributed by atoms with Crippen LogP contribution in [0.25, 0.3) is 0 Å². The molecule has 0 fully saturated rings. The Morgan fingerprint density at radius 2 is 1.85 bits per heavy atom. The van der Waals surface area contributed by atoms with Crippen LogP contribution < -0.4 is 5.32 Å². The van der Waals surface area contributed by atoms with E-state index in [2.05, 4.69) is 17.2 Å². The zero-order chi connectivity index (χ0) is 9.78. The van der Waals surface area contributed by atoms with Gasteiger partial charge in [0, 0.05) is 13.0 Å². The van der Waals surface area contributed by atoms with Gasteiger partial charge in [-0.25, -0.2) is 0 Å². The van der Waals surface area contributed by atoms with Crippen molar-refractivity contribution in [2.24, 2.45) is 0 Å². The summed E-state index contributed by atoms with van der Waals surface area (Å²) in [5, 5.41) is 3.00. The predicted octanol–water partition coefficient (Wildman–Crippen LogP) is 0.652. The van der Waals surface area contributed by atoms with E-state index in [0.29, 0.717) is 19.8 Å². The number of nitrogens with one attached hydrogen (secondary N) is 1. The highest BCUT2D eigenvalue weighted by Gasteiger charge is 1.86. The van der Waals surface area contributed by atoms with E-state index in [1.54, 1.807) is 0 Å². The average molecular weight is 185 g/mol. The fraction of sp³-hybridized carbons (Fsp3) is 0.800. The maximum absolute atomic E-state index is 5.24. The third-order valence-electron chi connectivity index (χ3n) is 1.34. The molecule has 0 radical (unpaired) electrons. The second-order valence-electron chi connectivity index (χ2n) is 2.48. The summed E-state index contributed by atoms with van der Waals surface area (Å²) in [7, 11) is 1.90. The number of likely N-dealkylation sites (N-methyl/N-ethyl adjacent to an activating group) is 1. The Bertz CT molecular complexity index is 149. The van der Waals surface area contributed by atoms with Crippen LogP contribution in [0.2, 0.25) is 0 Å². The van der Waals surface area contributed by atoms with Crippen LogP contribution in [0.15, 0.2) is 0 Å². The molecule has 0 unspecified atom stereocenters. The van der Waals surface area contributed by atoms with Crippen molar-refractivity contribution in [1.82, 2.24) is 5.32 Å². The highest BCUT2D eigenvalue weighted by molar-refractivity contribution is 4.97. The average Bonchev–Trinajstić information content (AvgIpc) is 2.16. The zero-order valence-electron chi connectivity index (χ0n) is 8.56. The summed E-state index contributed by atoms with van der Waals surface area (Å²) in [5.41, 5.74) is 0. The monoisotopic (exact) mass is 185 g/mol. The van der Waals surface area contributed by atoms with Crippen LogP contribution in [0.4, 0.5) is 0 Å². The van der Waals surface area contributed by atoms with Crippen molar-refractivity contribution in [2.75, 3.05) is 40.0 Å². The lowest BCUT2D eigenvalue weighted by Crippen LogP contribution is -2.16. The fourth-order valence-electron chi connectivity index (χ4n) is 0.693. The highest BCUT2D eigenvalue weighted by atomic mass is 16.5. The minimum absolute atomic E-state index is 0.517. The largest absolute Gasteiger partial charge is 0.378 e. The van der Waals surface area contributed by atoms with Crippen molar-refractivity contribution in [2.45, 2.75) is 13.3 Å². The Balaban J connectivity index is 2.91. The Morgan fingerprint density at radius 1 is 1.08 bits per heavy atom. The Morgan fingerprint density at radius 3 is 2.54 bits per heavy atom. The van der Waals surface area contributed by atoms with Gasteiger partial charge in [-0.3, -0.25) is 0 Å². The molecule has 0 atom stereocenters. The first-order valence-electron chi connectivity index (χ1n) is 4.67. The summed E-state index contributed by atoms with van der Waals surface area (Å²) in [4.78, 5) is 0. The van der Waals surface area contributed by atoms with Crippen LogP contribution in [0, 0.1) is 11.8 Å². The van der Waals surface area contributed by atoms with Crippen LogP contribution in [0.3, 0.4) is 0 Å². The van der Waals surface area contributed by atoms with E-state index in [-0.39, 0.29) is 0 Å². The summed E-state index contributed by atoms with van der Waals surface area (Å²) in [5.74, 6) is 5.83. The van der Waals surface area contributed by atoms with Gasteiger partial charge in [-0.15, -0.1) is 5.92 Å². The molecule has 0 aliphatic rings. The normalized spacial score (nSPS) is 9.38. The molecule has 3 nitrogen and oxygen atoms in total. The topological polar surface area (TPSA) is 30.5 Å². The molecular formula is C10H19NO2. The molecule has 0 aromatic carbocycles. The first-order valence-corrected chi connectivity index (χ1v) is 4.67. The van der Waals surface area contributed by atoms with Gasteiger partial charge in [0.25, 0.3) is 0 Å². The number of ether oxygens (including phenoxy) is 2. The van der Waals surface area contributed by atoms with E-state index in [1.807, 2.05) is 14.0 Å². The molecule has 0 rings (SSSR count). The zero-order valence-corrected chi connectivity index (χ0v) is 8.56. The summed E-state index contributed by atoms with van der Waals surface area (Å²) in [6, 6.07) is 0. The molecule has 0 saturated heterocycles. The van der Waals surface area contributed by atoms with E-state index in [0.717, 1.165) is 19.6 Å². The highest BCUT2D eigenvalue weighted by Crippen LogP contribution is 1.77. The SMILES string of the molecule is CCC#CCOCCOCCNC. The van der Waals surface area contributed by atoms with Crippen molar-refractivity contribution in [3.63, 3.8) is 0 Å². The molecule has 13 heavy (non-hydrogen) atoms. The van der Waals surface area contributed by atoms with Gasteiger partial charge in [-0.2, -0.15) is 0 Å². The molecule has 0 aromatic heterocycles. The van der Waals surface area contributed by atoms with Crippen LogP contribution in [-0.4, -0.2) is 40.0 Å². The third-order valence-corrected chi connectivity index (χ3v) is 1.34. The molecule has 0 heterocycles. The van der Waals surface area contributed by atoms with Crippen LogP contribution in [0.5, 0.6) is 0 Å². The Labute approximate surface area is 80.8 Å². The second-order valence-corrected chi connectivity index (χ2v) is 2.48. The molecule has 0 aromatic rings. The maximum atomic E-state index is 5.24. The van der Waals surface area contributed by atoms with Gasteiger partial charge in [0.15, 0.2) is 0 Å². The van der Waals surface area contributed by atoms with Gasteiger partial charge in [0.1, 0.15) is 6.61 Å². The van der Waals surface area contributed by atoms with E-state index in [4.69, 9.17) is 9.47 Å². The maximum Gasteiger partial charge on any atom is 0.107 e. The van der Waals surface area contributed by atoms with Crippen molar-refractivity contribution in [3.05, 3.63) is 0 Å². The second kappa shape index (κ2) is 11.4. The molecule has 3 heteroatoms. The van der Waals surface area contributed by atoms with Gasteiger partial charge >= 0.3 is 0 Å². The van der Waals surface area contributed by atoms with Gasteiger partial charge in [-0.1, -0.05) is 12.8 Å². The van der Waals surface area contributed by atoms with E-state index >= 15 is 0 Å². The van der Waals surface area contributed by atoms with Crippen LogP contribution in [-0.2, 0) is 9.47 Å². The van der Waals surface area contributed by atoms with E-state index < -0.39 is 0 Å². The lowest BCUT2D eigenvalue weighted by molar-refractivity contribution is 0.0618. The fourth-order valence-corrected chi connectivity index (χ4v) is 0.693. The van der Waals surface area contributed by atoms with Crippen molar-refractivity contribution in [1.29, 1.82) is 0 Å². The lowest BCUT2D eigenvalue weighted by atomic mass is 10.5. The van der Waals surface area contributed by atoms with E-state index in [1.165, 1.54) is 0 Å². The van der Waals surface area contributed by atoms with Crippen molar-refractivity contribution in [3.8, 4) is 11.8 Å². The smallest absolute Gasteiger partial charge is 0.107 e. The quantitative estimate of drug-likeness (QED) is 0.467. The Kier molecular flexibility index (Phi) is 10.9. The molecular weight excluding hydrogens is 166 g/mol. The molecule has 0 saturated carbocycles. The summed E-state index contributed by atoms with van der Waals surface area (Å²) in [6.45, 7) is 5.44. The molecule has 76 valence electrons. The molecule has 1 N–H and O–H groups in total. The van der Waals surface area contributed by atoms with Gasteiger partial charge in [0.05, 0.1) is 19.8 Å². The molecule has 0 spiro atoms. The first kappa shape index (κ1) is 12.4. The van der Waals surface area contributed by atoms with E-state index in [9.17, 15) is 0 Å². The minimum atomic E-state index is 0.517. The molecule has 0 aliphatic carbocycles. The van der Waals surface area contributed by atoms with Gasteiger partial charge in [0.2, 0.25) is 0 Å². The lowest BCUT2D eigenvalue weighted by Gasteiger charge is -2.02. The molecule has 0 amide bonds. The van der Waals surface area contributed by atoms with Gasteiger partial charge < -0.3 is 14.8 Å². The number of rotatable bonds is 7. The molecule has 0 aliphatic heterocycles. The Hall–Kier alpha value is -0.560. The van der Waals surface area contributed by atoms with Crippen LogP contribution >= 0.6 is 0 Å². The number of hydrogen-bond donors (Lipinski definition) is 1. The third kappa shape index (κ3) is 11.4. The molecule has 0 bridgehead atoms. The predicted molar refractivity (Wildman–Crippen MR) is 53.6 cm³/mol. The van der Waals surface area contributed by atoms with Gasteiger partial charge in [-0.05, 0) is 7.05 Å².